The zero-order valence-electron chi connectivity index (χ0n) is 12.0. The highest BCUT2D eigenvalue weighted by Crippen LogP contribution is 2.35. The highest BCUT2D eigenvalue weighted by atomic mass is 16.5. The van der Waals surface area contributed by atoms with Gasteiger partial charge in [-0.3, -0.25) is 0 Å². The summed E-state index contributed by atoms with van der Waals surface area (Å²) >= 11 is 0. The average Bonchev–Trinajstić information content (AvgIpc) is 2.61. The lowest BCUT2D eigenvalue weighted by Crippen LogP contribution is -2.36. The number of hydrogen-bond donors (Lipinski definition) is 1. The molecule has 2 nitrogen and oxygen atoms in total. The van der Waals surface area contributed by atoms with Gasteiger partial charge < -0.3 is 10.1 Å². The van der Waals surface area contributed by atoms with Crippen LogP contribution in [-0.2, 0) is 11.2 Å². The minimum atomic E-state index is -0.0845. The molecule has 1 N–H and O–H groups in total. The van der Waals surface area contributed by atoms with Crippen LogP contribution in [-0.4, -0.2) is 18.2 Å². The molecule has 2 unspecified atom stereocenters. The molecule has 0 saturated carbocycles. The minimum absolute atomic E-state index is 0.0845. The van der Waals surface area contributed by atoms with E-state index in [0.717, 1.165) is 19.4 Å². The van der Waals surface area contributed by atoms with Crippen LogP contribution >= 0.6 is 0 Å². The van der Waals surface area contributed by atoms with Crippen LogP contribution in [0.1, 0.15) is 51.3 Å². The summed E-state index contributed by atoms with van der Waals surface area (Å²) in [6.45, 7) is 9.64. The van der Waals surface area contributed by atoms with Crippen LogP contribution in [0.2, 0.25) is 0 Å². The number of ether oxygens (including phenoxy) is 1. The molecule has 0 saturated heterocycles. The Morgan fingerprint density at radius 1 is 1.28 bits per heavy atom. The molecular formula is C16H25NO. The minimum Gasteiger partial charge on any atom is -0.370 e. The summed E-state index contributed by atoms with van der Waals surface area (Å²) in [5.41, 5.74) is 2.76. The van der Waals surface area contributed by atoms with Gasteiger partial charge in [-0.15, -0.1) is 0 Å². The molecule has 1 aromatic carbocycles. The van der Waals surface area contributed by atoms with E-state index < -0.39 is 0 Å². The van der Waals surface area contributed by atoms with Gasteiger partial charge in [0.25, 0.3) is 0 Å². The van der Waals surface area contributed by atoms with Gasteiger partial charge in [-0.2, -0.15) is 0 Å². The molecule has 1 aromatic rings. The first kappa shape index (κ1) is 13.6. The first-order valence-electron chi connectivity index (χ1n) is 7.00. The van der Waals surface area contributed by atoms with E-state index in [9.17, 15) is 0 Å². The summed E-state index contributed by atoms with van der Waals surface area (Å²) in [4.78, 5) is 0. The quantitative estimate of drug-likeness (QED) is 0.879. The van der Waals surface area contributed by atoms with Crippen molar-refractivity contribution in [3.63, 3.8) is 0 Å². The summed E-state index contributed by atoms with van der Waals surface area (Å²) in [5.74, 6) is 0. The molecule has 0 fully saturated rings. The van der Waals surface area contributed by atoms with Crippen LogP contribution in [0.25, 0.3) is 0 Å². The summed E-state index contributed by atoms with van der Waals surface area (Å²) in [6, 6.07) is 9.05. The lowest BCUT2D eigenvalue weighted by Gasteiger charge is -2.29. The molecule has 100 valence electrons. The second kappa shape index (κ2) is 5.41. The first-order valence-corrected chi connectivity index (χ1v) is 7.00. The normalized spacial score (nSPS) is 23.1. The van der Waals surface area contributed by atoms with Crippen molar-refractivity contribution in [1.29, 1.82) is 0 Å². The van der Waals surface area contributed by atoms with Gasteiger partial charge in [0.15, 0.2) is 0 Å². The molecule has 0 heterocycles. The van der Waals surface area contributed by atoms with Gasteiger partial charge in [0.2, 0.25) is 0 Å². The molecule has 1 aliphatic rings. The van der Waals surface area contributed by atoms with E-state index in [1.54, 1.807) is 0 Å². The summed E-state index contributed by atoms with van der Waals surface area (Å²) in [7, 11) is 0. The molecule has 0 radical (unpaired) electrons. The third kappa shape index (κ3) is 3.12. The van der Waals surface area contributed by atoms with Crippen molar-refractivity contribution in [1.82, 2.24) is 5.32 Å². The molecule has 2 heteroatoms. The lowest BCUT2D eigenvalue weighted by molar-refractivity contribution is -0.0698. The van der Waals surface area contributed by atoms with Crippen molar-refractivity contribution >= 4 is 0 Å². The first-order chi connectivity index (χ1) is 8.51. The van der Waals surface area contributed by atoms with Gasteiger partial charge in [-0.1, -0.05) is 31.2 Å². The molecule has 2 rings (SSSR count). The van der Waals surface area contributed by atoms with Crippen LogP contribution in [0.5, 0.6) is 0 Å². The third-order valence-corrected chi connectivity index (χ3v) is 3.30. The number of nitrogens with one attached hydrogen (secondary N) is 1. The standard InChI is InChI=1S/C16H25NO/c1-5-10-17-15-13-9-7-6-8-12(13)11-14(15)18-16(2,3)4/h6-9,14-15,17H,5,10-11H2,1-4H3. The third-order valence-electron chi connectivity index (χ3n) is 3.30. The van der Waals surface area contributed by atoms with Gasteiger partial charge in [-0.05, 0) is 44.9 Å². The molecule has 1 aliphatic carbocycles. The van der Waals surface area contributed by atoms with E-state index in [1.165, 1.54) is 11.1 Å². The molecule has 0 amide bonds. The molecule has 0 aliphatic heterocycles. The fourth-order valence-corrected chi connectivity index (χ4v) is 2.66. The highest BCUT2D eigenvalue weighted by Gasteiger charge is 2.34. The molecule has 18 heavy (non-hydrogen) atoms. The van der Waals surface area contributed by atoms with E-state index in [-0.39, 0.29) is 11.7 Å². The molecule has 0 spiro atoms. The van der Waals surface area contributed by atoms with Crippen LogP contribution in [0.15, 0.2) is 24.3 Å². The van der Waals surface area contributed by atoms with E-state index in [1.807, 2.05) is 0 Å². The van der Waals surface area contributed by atoms with Gasteiger partial charge in [0.05, 0.1) is 17.7 Å². The van der Waals surface area contributed by atoms with E-state index in [0.29, 0.717) is 6.04 Å². The Balaban J connectivity index is 2.17. The predicted molar refractivity (Wildman–Crippen MR) is 75.8 cm³/mol. The van der Waals surface area contributed by atoms with Gasteiger partial charge in [0.1, 0.15) is 0 Å². The Hall–Kier alpha value is -0.860. The van der Waals surface area contributed by atoms with Crippen LogP contribution in [0, 0.1) is 0 Å². The van der Waals surface area contributed by atoms with Crippen molar-refractivity contribution in [3.8, 4) is 0 Å². The zero-order valence-corrected chi connectivity index (χ0v) is 12.0. The maximum Gasteiger partial charge on any atom is 0.0817 e. The fourth-order valence-electron chi connectivity index (χ4n) is 2.66. The SMILES string of the molecule is CCCNC1c2ccccc2CC1OC(C)(C)C. The van der Waals surface area contributed by atoms with Gasteiger partial charge in [-0.25, -0.2) is 0 Å². The highest BCUT2D eigenvalue weighted by molar-refractivity contribution is 5.36. The topological polar surface area (TPSA) is 21.3 Å². The van der Waals surface area contributed by atoms with Crippen molar-refractivity contribution in [2.45, 2.75) is 58.3 Å². The Labute approximate surface area is 111 Å². The van der Waals surface area contributed by atoms with E-state index in [2.05, 4.69) is 57.3 Å². The Bertz CT molecular complexity index is 394. The van der Waals surface area contributed by atoms with Crippen molar-refractivity contribution in [3.05, 3.63) is 35.4 Å². The zero-order chi connectivity index (χ0) is 13.2. The lowest BCUT2D eigenvalue weighted by atomic mass is 10.1. The maximum atomic E-state index is 6.23. The summed E-state index contributed by atoms with van der Waals surface area (Å²) < 4.78 is 6.23. The number of hydrogen-bond acceptors (Lipinski definition) is 2. The van der Waals surface area contributed by atoms with Crippen LogP contribution < -0.4 is 5.32 Å². The number of benzene rings is 1. The molecule has 0 aromatic heterocycles. The van der Waals surface area contributed by atoms with E-state index in [4.69, 9.17) is 4.74 Å². The fraction of sp³-hybridized carbons (Fsp3) is 0.625. The van der Waals surface area contributed by atoms with E-state index >= 15 is 0 Å². The predicted octanol–water partition coefficient (Wildman–Crippen LogP) is 3.47. The van der Waals surface area contributed by atoms with Crippen molar-refractivity contribution < 1.29 is 4.74 Å². The molecular weight excluding hydrogens is 222 g/mol. The Morgan fingerprint density at radius 3 is 2.67 bits per heavy atom. The smallest absolute Gasteiger partial charge is 0.0817 e. The average molecular weight is 247 g/mol. The van der Waals surface area contributed by atoms with Crippen molar-refractivity contribution in [2.75, 3.05) is 6.54 Å². The molecule has 2 atom stereocenters. The monoisotopic (exact) mass is 247 g/mol. The number of fused-ring (bicyclic) bond motifs is 1. The molecule has 0 bridgehead atoms. The Morgan fingerprint density at radius 2 is 2.00 bits per heavy atom. The largest absolute Gasteiger partial charge is 0.370 e. The van der Waals surface area contributed by atoms with Gasteiger partial charge >= 0.3 is 0 Å². The van der Waals surface area contributed by atoms with Crippen LogP contribution in [0.4, 0.5) is 0 Å². The second-order valence-corrected chi connectivity index (χ2v) is 6.10. The maximum absolute atomic E-state index is 6.23. The number of rotatable bonds is 4. The summed E-state index contributed by atoms with van der Waals surface area (Å²) in [5, 5.41) is 3.64. The second-order valence-electron chi connectivity index (χ2n) is 6.10. The van der Waals surface area contributed by atoms with Gasteiger partial charge in [0, 0.05) is 6.42 Å². The summed E-state index contributed by atoms with van der Waals surface area (Å²) in [6.07, 6.45) is 2.43. The van der Waals surface area contributed by atoms with Crippen molar-refractivity contribution in [2.24, 2.45) is 0 Å². The van der Waals surface area contributed by atoms with Crippen LogP contribution in [0.3, 0.4) is 0 Å². The Kier molecular flexibility index (Phi) is 4.08.